The number of carbonyl (C=O) groups excluding carboxylic acids is 1. The summed E-state index contributed by atoms with van der Waals surface area (Å²) in [5.74, 6) is -1.29. The number of amides is 1. The summed E-state index contributed by atoms with van der Waals surface area (Å²) in [4.78, 5) is 23.2. The minimum atomic E-state index is -0.987. The molecule has 0 spiro atoms. The highest BCUT2D eigenvalue weighted by Crippen LogP contribution is 2.14. The quantitative estimate of drug-likeness (QED) is 0.348. The zero-order valence-corrected chi connectivity index (χ0v) is 15.6. The average Bonchev–Trinajstić information content (AvgIpc) is 3.10. The molecule has 0 atom stereocenters. The van der Waals surface area contributed by atoms with Crippen molar-refractivity contribution in [2.75, 3.05) is 0 Å². The number of benzene rings is 2. The summed E-state index contributed by atoms with van der Waals surface area (Å²) < 4.78 is 2.75. The van der Waals surface area contributed by atoms with Gasteiger partial charge in [-0.1, -0.05) is 12.1 Å². The van der Waals surface area contributed by atoms with Gasteiger partial charge < -0.3 is 9.67 Å². The van der Waals surface area contributed by atoms with E-state index in [9.17, 15) is 9.59 Å². The van der Waals surface area contributed by atoms with Gasteiger partial charge in [-0.05, 0) is 71.1 Å². The normalized spacial score (nSPS) is 10.8. The monoisotopic (exact) mass is 459 g/mol. The number of halogens is 1. The number of carboxylic acid groups (broad SMARTS) is 1. The average molecular weight is 459 g/mol. The van der Waals surface area contributed by atoms with Crippen LogP contribution in [0.5, 0.6) is 0 Å². The third-order valence-corrected chi connectivity index (χ3v) is 4.27. The van der Waals surface area contributed by atoms with E-state index in [1.54, 1.807) is 47.2 Å². The third-order valence-electron chi connectivity index (χ3n) is 3.60. The predicted molar refractivity (Wildman–Crippen MR) is 107 cm³/mol. The lowest BCUT2D eigenvalue weighted by atomic mass is 10.2. The van der Waals surface area contributed by atoms with Crippen molar-refractivity contribution in [2.45, 2.75) is 0 Å². The molecule has 1 heterocycles. The van der Waals surface area contributed by atoms with Crippen molar-refractivity contribution in [3.05, 3.63) is 87.3 Å². The summed E-state index contributed by atoms with van der Waals surface area (Å²) >= 11 is 2.14. The Morgan fingerprint density at radius 3 is 2.58 bits per heavy atom. The van der Waals surface area contributed by atoms with Crippen LogP contribution in [0.15, 0.2) is 72.0 Å². The third kappa shape index (κ3) is 4.17. The van der Waals surface area contributed by atoms with Crippen LogP contribution in [0.4, 0.5) is 0 Å². The number of carbonyl (C=O) groups is 2. The summed E-state index contributed by atoms with van der Waals surface area (Å²) in [6, 6.07) is 17.4. The molecule has 3 aromatic rings. The van der Waals surface area contributed by atoms with Crippen LogP contribution in [0.1, 0.15) is 26.4 Å². The van der Waals surface area contributed by atoms with Gasteiger partial charge in [0.15, 0.2) is 0 Å². The van der Waals surface area contributed by atoms with E-state index in [0.29, 0.717) is 16.9 Å². The van der Waals surface area contributed by atoms with Crippen LogP contribution in [0, 0.1) is 3.57 Å². The number of nitrogens with one attached hydrogen (secondary N) is 1. The van der Waals surface area contributed by atoms with Gasteiger partial charge in [0.1, 0.15) is 0 Å². The van der Waals surface area contributed by atoms with Crippen LogP contribution in [0.3, 0.4) is 0 Å². The van der Waals surface area contributed by atoms with E-state index in [4.69, 9.17) is 5.11 Å². The van der Waals surface area contributed by atoms with Crippen molar-refractivity contribution < 1.29 is 14.7 Å². The summed E-state index contributed by atoms with van der Waals surface area (Å²) in [7, 11) is 0. The lowest BCUT2D eigenvalue weighted by molar-refractivity contribution is 0.0696. The number of nitrogens with zero attached hydrogens (tertiary/aromatic N) is 2. The Labute approximate surface area is 163 Å². The van der Waals surface area contributed by atoms with Crippen LogP contribution in [0.2, 0.25) is 0 Å². The maximum absolute atomic E-state index is 12.1. The second kappa shape index (κ2) is 7.96. The summed E-state index contributed by atoms with van der Waals surface area (Å²) in [6.45, 7) is 0. The fourth-order valence-electron chi connectivity index (χ4n) is 2.37. The molecule has 0 unspecified atom stereocenters. The largest absolute Gasteiger partial charge is 0.478 e. The first-order chi connectivity index (χ1) is 12.5. The molecule has 0 fully saturated rings. The van der Waals surface area contributed by atoms with Crippen molar-refractivity contribution in [1.82, 2.24) is 9.99 Å². The van der Waals surface area contributed by atoms with Gasteiger partial charge in [0.2, 0.25) is 0 Å². The zero-order chi connectivity index (χ0) is 18.5. The van der Waals surface area contributed by atoms with E-state index in [1.807, 2.05) is 18.2 Å². The van der Waals surface area contributed by atoms with Crippen molar-refractivity contribution in [3.8, 4) is 5.69 Å². The molecule has 130 valence electrons. The number of hydrazone groups is 1. The van der Waals surface area contributed by atoms with E-state index in [-0.39, 0.29) is 11.5 Å². The van der Waals surface area contributed by atoms with E-state index >= 15 is 0 Å². The van der Waals surface area contributed by atoms with Gasteiger partial charge in [-0.15, -0.1) is 0 Å². The van der Waals surface area contributed by atoms with Gasteiger partial charge >= 0.3 is 5.97 Å². The second-order valence-electron chi connectivity index (χ2n) is 5.37. The van der Waals surface area contributed by atoms with Crippen molar-refractivity contribution in [1.29, 1.82) is 0 Å². The molecule has 2 N–H and O–H groups in total. The molecule has 2 aromatic carbocycles. The Morgan fingerprint density at radius 1 is 1.04 bits per heavy atom. The first-order valence-electron chi connectivity index (χ1n) is 7.64. The number of carboxylic acids is 1. The SMILES string of the molecule is O=C(O)c1cccc(-n2cccc2/C=N\NC(=O)c2cccc(I)c2)c1. The van der Waals surface area contributed by atoms with Gasteiger partial charge in [0, 0.05) is 21.0 Å². The lowest BCUT2D eigenvalue weighted by Gasteiger charge is -2.07. The highest BCUT2D eigenvalue weighted by molar-refractivity contribution is 14.1. The first kappa shape index (κ1) is 17.9. The molecule has 1 aromatic heterocycles. The van der Waals surface area contributed by atoms with Crippen LogP contribution < -0.4 is 5.43 Å². The van der Waals surface area contributed by atoms with Gasteiger partial charge in [0.05, 0.1) is 17.5 Å². The number of hydrogen-bond acceptors (Lipinski definition) is 3. The topological polar surface area (TPSA) is 83.7 Å². The molecule has 0 saturated carbocycles. The number of hydrogen-bond donors (Lipinski definition) is 2. The van der Waals surface area contributed by atoms with E-state index in [2.05, 4.69) is 33.1 Å². The Morgan fingerprint density at radius 2 is 1.81 bits per heavy atom. The van der Waals surface area contributed by atoms with E-state index in [1.165, 1.54) is 12.3 Å². The molecular weight excluding hydrogens is 445 g/mol. The minimum Gasteiger partial charge on any atom is -0.478 e. The minimum absolute atomic E-state index is 0.200. The van der Waals surface area contributed by atoms with Crippen molar-refractivity contribution in [2.24, 2.45) is 5.10 Å². The molecule has 0 bridgehead atoms. The molecule has 3 rings (SSSR count). The molecule has 7 heteroatoms. The first-order valence-corrected chi connectivity index (χ1v) is 8.72. The summed E-state index contributed by atoms with van der Waals surface area (Å²) in [6.07, 6.45) is 3.31. The maximum atomic E-state index is 12.1. The summed E-state index contributed by atoms with van der Waals surface area (Å²) in [5, 5.41) is 13.1. The Balaban J connectivity index is 1.77. The number of rotatable bonds is 5. The molecule has 0 aliphatic rings. The molecule has 0 aliphatic heterocycles. The van der Waals surface area contributed by atoms with Crippen LogP contribution in [-0.2, 0) is 0 Å². The van der Waals surface area contributed by atoms with Crippen LogP contribution >= 0.6 is 22.6 Å². The van der Waals surface area contributed by atoms with Crippen molar-refractivity contribution >= 4 is 40.7 Å². The highest BCUT2D eigenvalue weighted by atomic mass is 127. The Kier molecular flexibility index (Phi) is 5.47. The Bertz CT molecular complexity index is 995. The zero-order valence-electron chi connectivity index (χ0n) is 13.5. The van der Waals surface area contributed by atoms with Crippen LogP contribution in [0.25, 0.3) is 5.69 Å². The van der Waals surface area contributed by atoms with Gasteiger partial charge in [-0.3, -0.25) is 4.79 Å². The standard InChI is InChI=1S/C19H14IN3O3/c20-15-6-1-4-13(10-15)18(24)22-21-12-17-8-3-9-23(17)16-7-2-5-14(11-16)19(25)26/h1-12H,(H,22,24)(H,25,26)/b21-12-. The molecular formula is C19H14IN3O3. The number of aromatic carboxylic acids is 1. The van der Waals surface area contributed by atoms with E-state index in [0.717, 1.165) is 3.57 Å². The number of aromatic nitrogens is 1. The molecule has 1 amide bonds. The molecule has 0 saturated heterocycles. The molecule has 0 radical (unpaired) electrons. The van der Waals surface area contributed by atoms with Crippen molar-refractivity contribution in [3.63, 3.8) is 0 Å². The Hall–Kier alpha value is -2.94. The fourth-order valence-corrected chi connectivity index (χ4v) is 2.92. The van der Waals surface area contributed by atoms with Gasteiger partial charge in [-0.2, -0.15) is 5.10 Å². The fraction of sp³-hybridized carbons (Fsp3) is 0. The smallest absolute Gasteiger partial charge is 0.335 e. The lowest BCUT2D eigenvalue weighted by Crippen LogP contribution is -2.17. The van der Waals surface area contributed by atoms with Crippen LogP contribution in [-0.4, -0.2) is 27.8 Å². The molecule has 6 nitrogen and oxygen atoms in total. The summed E-state index contributed by atoms with van der Waals surface area (Å²) in [5.41, 5.74) is 4.62. The second-order valence-corrected chi connectivity index (χ2v) is 6.61. The maximum Gasteiger partial charge on any atom is 0.335 e. The highest BCUT2D eigenvalue weighted by Gasteiger charge is 2.07. The van der Waals surface area contributed by atoms with Gasteiger partial charge in [-0.25, -0.2) is 10.2 Å². The molecule has 26 heavy (non-hydrogen) atoms. The predicted octanol–water partition coefficient (Wildman–Crippen LogP) is 3.54. The van der Waals surface area contributed by atoms with Gasteiger partial charge in [0.25, 0.3) is 5.91 Å². The molecule has 0 aliphatic carbocycles. The van der Waals surface area contributed by atoms with E-state index < -0.39 is 5.97 Å².